The molecule has 1 aliphatic carbocycles. The van der Waals surface area contributed by atoms with Gasteiger partial charge in [0, 0.05) is 29.8 Å². The summed E-state index contributed by atoms with van der Waals surface area (Å²) in [5, 5.41) is 10.3. The third-order valence-electron chi connectivity index (χ3n) is 6.95. The number of rotatable bonds is 1. The fraction of sp³-hybridized carbons (Fsp3) is 0.333. The first-order valence-corrected chi connectivity index (χ1v) is 11.6. The van der Waals surface area contributed by atoms with E-state index in [-0.39, 0.29) is 17.2 Å². The van der Waals surface area contributed by atoms with Crippen LogP contribution in [0, 0.1) is 5.41 Å². The Hall–Kier alpha value is -2.85. The van der Waals surface area contributed by atoms with Crippen molar-refractivity contribution in [3.8, 4) is 5.75 Å². The van der Waals surface area contributed by atoms with E-state index < -0.39 is 5.72 Å². The molecule has 0 N–H and O–H groups in total. The van der Waals surface area contributed by atoms with Crippen LogP contribution in [0.2, 0.25) is 5.02 Å². The summed E-state index contributed by atoms with van der Waals surface area (Å²) in [6, 6.07) is 20.6. The van der Waals surface area contributed by atoms with E-state index in [0.717, 1.165) is 35.4 Å². The zero-order valence-electron chi connectivity index (χ0n) is 18.3. The third-order valence-corrected chi connectivity index (χ3v) is 7.18. The molecule has 4 nitrogen and oxygen atoms in total. The Morgan fingerprint density at radius 1 is 1.03 bits per heavy atom. The van der Waals surface area contributed by atoms with Gasteiger partial charge in [0.05, 0.1) is 18.2 Å². The summed E-state index contributed by atoms with van der Waals surface area (Å²) in [6.45, 7) is 4.29. The molecule has 2 unspecified atom stereocenters. The molecule has 1 spiro atoms. The molecule has 6 rings (SSSR count). The first-order valence-electron chi connectivity index (χ1n) is 11.2. The van der Waals surface area contributed by atoms with E-state index in [1.54, 1.807) is 0 Å². The van der Waals surface area contributed by atoms with Gasteiger partial charge in [0.25, 0.3) is 0 Å². The van der Waals surface area contributed by atoms with E-state index >= 15 is 0 Å². The minimum atomic E-state index is -0.761. The van der Waals surface area contributed by atoms with Crippen molar-refractivity contribution in [2.75, 3.05) is 0 Å². The predicted octanol–water partition coefficient (Wildman–Crippen LogP) is 6.51. The Kier molecular flexibility index (Phi) is 4.22. The van der Waals surface area contributed by atoms with Crippen LogP contribution in [-0.4, -0.2) is 22.2 Å². The van der Waals surface area contributed by atoms with Gasteiger partial charge in [-0.15, -0.1) is 0 Å². The fourth-order valence-corrected chi connectivity index (χ4v) is 5.99. The lowest BCUT2D eigenvalue weighted by molar-refractivity contribution is -0.171. The highest BCUT2D eigenvalue weighted by Gasteiger charge is 2.56. The van der Waals surface area contributed by atoms with Gasteiger partial charge >= 0.3 is 0 Å². The molecule has 3 aromatic rings. The van der Waals surface area contributed by atoms with Crippen molar-refractivity contribution in [2.45, 2.75) is 51.3 Å². The van der Waals surface area contributed by atoms with Crippen LogP contribution < -0.4 is 4.74 Å². The number of hydrogen-bond acceptors (Lipinski definition) is 4. The summed E-state index contributed by atoms with van der Waals surface area (Å²) < 4.78 is 6.63. The molecule has 32 heavy (non-hydrogen) atoms. The minimum Gasteiger partial charge on any atom is -0.466 e. The number of fused-ring (bicyclic) bond motifs is 5. The lowest BCUT2D eigenvalue weighted by Crippen LogP contribution is -2.59. The van der Waals surface area contributed by atoms with Crippen molar-refractivity contribution in [3.63, 3.8) is 0 Å². The van der Waals surface area contributed by atoms with Crippen molar-refractivity contribution >= 4 is 33.9 Å². The van der Waals surface area contributed by atoms with E-state index in [0.29, 0.717) is 17.9 Å². The summed E-state index contributed by atoms with van der Waals surface area (Å²) in [5.74, 6) is 1.04. The van der Waals surface area contributed by atoms with E-state index in [9.17, 15) is 4.79 Å². The Morgan fingerprint density at radius 3 is 2.66 bits per heavy atom. The smallest absolute Gasteiger partial charge is 0.205 e. The Balaban J connectivity index is 1.49. The van der Waals surface area contributed by atoms with Crippen molar-refractivity contribution in [1.29, 1.82) is 0 Å². The lowest BCUT2D eigenvalue weighted by atomic mass is 9.71. The SMILES string of the molecule is CC1(C)CC(=O)CC2(C1)Oc1ccc(Cl)cc1C1CC(c3ccc4ccccc4c3)=NN12. The molecule has 0 amide bonds. The molecular formula is C27H25ClN2O2. The molecule has 0 bridgehead atoms. The van der Waals surface area contributed by atoms with Crippen LogP contribution >= 0.6 is 11.6 Å². The first kappa shape index (κ1) is 19.8. The van der Waals surface area contributed by atoms with Gasteiger partial charge in [0.15, 0.2) is 0 Å². The molecule has 2 aliphatic heterocycles. The standard InChI is InChI=1S/C27H25ClN2O2/c1-26(2)14-21(31)15-27(16-26)30-24(22-12-20(28)9-10-25(22)32-27)13-23(29-30)19-8-7-17-5-3-4-6-18(17)11-19/h3-12,24H,13-16H2,1-2H3. The number of Topliss-reactive ketones (excluding diaryl/α,β-unsaturated/α-hetero) is 1. The number of carbonyl (C=O) groups is 1. The summed E-state index contributed by atoms with van der Waals surface area (Å²) in [6.07, 6.45) is 2.43. The summed E-state index contributed by atoms with van der Waals surface area (Å²) >= 11 is 6.37. The second kappa shape index (κ2) is 6.82. The van der Waals surface area contributed by atoms with Crippen LogP contribution in [0.1, 0.15) is 56.7 Å². The highest BCUT2D eigenvalue weighted by Crippen LogP contribution is 2.54. The van der Waals surface area contributed by atoms with E-state index in [2.05, 4.69) is 61.3 Å². The van der Waals surface area contributed by atoms with Gasteiger partial charge in [0.1, 0.15) is 11.5 Å². The van der Waals surface area contributed by atoms with Gasteiger partial charge in [-0.3, -0.25) is 4.79 Å². The highest BCUT2D eigenvalue weighted by molar-refractivity contribution is 6.30. The molecule has 0 radical (unpaired) electrons. The zero-order chi connectivity index (χ0) is 22.1. The average Bonchev–Trinajstić information content (AvgIpc) is 3.20. The van der Waals surface area contributed by atoms with Gasteiger partial charge < -0.3 is 4.74 Å². The molecule has 2 atom stereocenters. The van der Waals surface area contributed by atoms with Crippen molar-refractivity contribution in [3.05, 3.63) is 76.8 Å². The van der Waals surface area contributed by atoms with E-state index in [1.165, 1.54) is 10.8 Å². The summed E-state index contributed by atoms with van der Waals surface area (Å²) in [4.78, 5) is 12.8. The Labute approximate surface area is 192 Å². The molecular weight excluding hydrogens is 420 g/mol. The minimum absolute atomic E-state index is 0.000574. The lowest BCUT2D eigenvalue weighted by Gasteiger charge is -2.52. The molecule has 3 aliphatic rings. The maximum absolute atomic E-state index is 12.8. The predicted molar refractivity (Wildman–Crippen MR) is 127 cm³/mol. The molecule has 1 saturated carbocycles. The van der Waals surface area contributed by atoms with Crippen LogP contribution in [0.5, 0.6) is 5.75 Å². The number of carbonyl (C=O) groups excluding carboxylic acids is 1. The van der Waals surface area contributed by atoms with Gasteiger partial charge in [-0.05, 0) is 46.0 Å². The summed E-state index contributed by atoms with van der Waals surface area (Å²) in [5.41, 5.74) is 2.26. The Bertz CT molecular complexity index is 1300. The number of halogens is 1. The Morgan fingerprint density at radius 2 is 1.84 bits per heavy atom. The van der Waals surface area contributed by atoms with Gasteiger partial charge in [-0.25, -0.2) is 5.01 Å². The van der Waals surface area contributed by atoms with Crippen molar-refractivity contribution in [2.24, 2.45) is 10.5 Å². The largest absolute Gasteiger partial charge is 0.466 e. The van der Waals surface area contributed by atoms with Crippen molar-refractivity contribution in [1.82, 2.24) is 5.01 Å². The zero-order valence-corrected chi connectivity index (χ0v) is 19.0. The van der Waals surface area contributed by atoms with E-state index in [4.69, 9.17) is 21.4 Å². The van der Waals surface area contributed by atoms with E-state index in [1.807, 2.05) is 18.2 Å². The molecule has 0 saturated heterocycles. The molecule has 162 valence electrons. The van der Waals surface area contributed by atoms with Gasteiger partial charge in [-0.1, -0.05) is 61.8 Å². The number of nitrogens with zero attached hydrogens (tertiary/aromatic N) is 2. The maximum atomic E-state index is 12.8. The number of hydrogen-bond donors (Lipinski definition) is 0. The molecule has 5 heteroatoms. The van der Waals surface area contributed by atoms with Gasteiger partial charge in [0.2, 0.25) is 5.72 Å². The number of ether oxygens (including phenoxy) is 1. The van der Waals surface area contributed by atoms with Crippen LogP contribution in [0.15, 0.2) is 65.8 Å². The van der Waals surface area contributed by atoms with Crippen LogP contribution in [-0.2, 0) is 4.79 Å². The maximum Gasteiger partial charge on any atom is 0.205 e. The average molecular weight is 445 g/mol. The first-order chi connectivity index (χ1) is 15.3. The van der Waals surface area contributed by atoms with Crippen LogP contribution in [0.3, 0.4) is 0 Å². The molecule has 3 aromatic carbocycles. The van der Waals surface area contributed by atoms with Gasteiger partial charge in [-0.2, -0.15) is 5.10 Å². The monoisotopic (exact) mass is 444 g/mol. The fourth-order valence-electron chi connectivity index (χ4n) is 5.81. The topological polar surface area (TPSA) is 41.9 Å². The third kappa shape index (κ3) is 3.12. The summed E-state index contributed by atoms with van der Waals surface area (Å²) in [7, 11) is 0. The van der Waals surface area contributed by atoms with Crippen LogP contribution in [0.4, 0.5) is 0 Å². The number of benzene rings is 3. The van der Waals surface area contributed by atoms with Crippen LogP contribution in [0.25, 0.3) is 10.8 Å². The molecule has 0 aromatic heterocycles. The highest BCUT2D eigenvalue weighted by atomic mass is 35.5. The molecule has 2 heterocycles. The van der Waals surface area contributed by atoms with Crippen molar-refractivity contribution < 1.29 is 9.53 Å². The second-order valence-electron chi connectivity index (χ2n) is 10.1. The normalized spacial score (nSPS) is 26.0. The number of hydrazone groups is 1. The quantitative estimate of drug-likeness (QED) is 0.429. The number of ketones is 1. The second-order valence-corrected chi connectivity index (χ2v) is 10.6. The molecule has 1 fully saturated rings.